The third-order valence-corrected chi connectivity index (χ3v) is 4.07. The average Bonchev–Trinajstić information content (AvgIpc) is 2.74. The van der Waals surface area contributed by atoms with Gasteiger partial charge in [-0.3, -0.25) is 9.69 Å². The molecule has 2 rings (SSSR count). The van der Waals surface area contributed by atoms with Crippen LogP contribution in [0.1, 0.15) is 16.1 Å². The summed E-state index contributed by atoms with van der Waals surface area (Å²) in [5.74, 6) is -0.838. The molecule has 7 heteroatoms. The van der Waals surface area contributed by atoms with Gasteiger partial charge in [-0.05, 0) is 36.2 Å². The molecule has 1 N–H and O–H groups in total. The fraction of sp³-hybridized carbons (Fsp3) is 0.308. The van der Waals surface area contributed by atoms with Gasteiger partial charge in [0.1, 0.15) is 0 Å². The standard InChI is InChI=1S/C13H14BrN3O2S/c1-9-12(20-16-15-9)7-17(8-13(18)19)6-10-3-2-4-11(14)5-10/h2-5H,6-8H2,1H3,(H,18,19). The maximum atomic E-state index is 11.0. The molecule has 0 spiro atoms. The number of aliphatic carboxylic acids is 1. The van der Waals surface area contributed by atoms with E-state index in [1.807, 2.05) is 36.1 Å². The van der Waals surface area contributed by atoms with Gasteiger partial charge in [0.2, 0.25) is 0 Å². The molecule has 0 fully saturated rings. The number of hydrogen-bond acceptors (Lipinski definition) is 5. The third-order valence-electron chi connectivity index (χ3n) is 2.77. The largest absolute Gasteiger partial charge is 0.480 e. The fourth-order valence-corrected chi connectivity index (χ4v) is 2.97. The van der Waals surface area contributed by atoms with Gasteiger partial charge >= 0.3 is 5.97 Å². The van der Waals surface area contributed by atoms with Crippen LogP contribution < -0.4 is 0 Å². The lowest BCUT2D eigenvalue weighted by molar-refractivity contribution is -0.138. The number of carbonyl (C=O) groups is 1. The van der Waals surface area contributed by atoms with Gasteiger partial charge in [-0.15, -0.1) is 5.10 Å². The normalized spacial score (nSPS) is 10.9. The molecule has 1 aromatic carbocycles. The Balaban J connectivity index is 2.11. The Bertz CT molecular complexity index is 603. The lowest BCUT2D eigenvalue weighted by atomic mass is 10.2. The lowest BCUT2D eigenvalue weighted by Crippen LogP contribution is -2.28. The number of aryl methyl sites for hydroxylation is 1. The van der Waals surface area contributed by atoms with Crippen molar-refractivity contribution in [3.63, 3.8) is 0 Å². The number of rotatable bonds is 6. The summed E-state index contributed by atoms with van der Waals surface area (Å²) >= 11 is 4.74. The highest BCUT2D eigenvalue weighted by Gasteiger charge is 2.14. The Hall–Kier alpha value is -1.31. The molecule has 0 bridgehead atoms. The van der Waals surface area contributed by atoms with Crippen LogP contribution in [-0.2, 0) is 17.9 Å². The molecule has 106 valence electrons. The summed E-state index contributed by atoms with van der Waals surface area (Å²) in [6.45, 7) is 2.99. The Kier molecular flexibility index (Phi) is 5.22. The van der Waals surface area contributed by atoms with Crippen molar-refractivity contribution in [3.05, 3.63) is 44.9 Å². The smallest absolute Gasteiger partial charge is 0.317 e. The topological polar surface area (TPSA) is 66.3 Å². The van der Waals surface area contributed by atoms with Gasteiger partial charge in [0.05, 0.1) is 17.1 Å². The van der Waals surface area contributed by atoms with E-state index in [1.54, 1.807) is 0 Å². The first-order valence-electron chi connectivity index (χ1n) is 6.01. The summed E-state index contributed by atoms with van der Waals surface area (Å²) in [5.41, 5.74) is 1.93. The highest BCUT2D eigenvalue weighted by Crippen LogP contribution is 2.17. The van der Waals surface area contributed by atoms with Gasteiger partial charge in [-0.2, -0.15) is 0 Å². The van der Waals surface area contributed by atoms with Crippen molar-refractivity contribution in [1.82, 2.24) is 14.5 Å². The van der Waals surface area contributed by atoms with Crippen LogP contribution in [0.5, 0.6) is 0 Å². The van der Waals surface area contributed by atoms with Gasteiger partial charge in [-0.25, -0.2) is 0 Å². The predicted octanol–water partition coefficient (Wildman–Crippen LogP) is 2.70. The molecule has 1 heterocycles. The molecule has 2 aromatic rings. The van der Waals surface area contributed by atoms with Crippen LogP contribution >= 0.6 is 27.5 Å². The van der Waals surface area contributed by atoms with Crippen LogP contribution in [0.2, 0.25) is 0 Å². The number of carboxylic acids is 1. The predicted molar refractivity (Wildman–Crippen MR) is 80.5 cm³/mol. The summed E-state index contributed by atoms with van der Waals surface area (Å²) in [6.07, 6.45) is 0. The molecule has 0 saturated carbocycles. The lowest BCUT2D eigenvalue weighted by Gasteiger charge is -2.19. The molecular weight excluding hydrogens is 342 g/mol. The van der Waals surface area contributed by atoms with E-state index in [1.165, 1.54) is 11.5 Å². The van der Waals surface area contributed by atoms with E-state index in [9.17, 15) is 4.79 Å². The molecule has 0 atom stereocenters. The molecule has 0 saturated heterocycles. The minimum atomic E-state index is -0.838. The number of aromatic nitrogens is 2. The van der Waals surface area contributed by atoms with Crippen molar-refractivity contribution in [2.45, 2.75) is 20.0 Å². The van der Waals surface area contributed by atoms with Crippen LogP contribution in [0.4, 0.5) is 0 Å². The number of benzene rings is 1. The molecule has 0 amide bonds. The SMILES string of the molecule is Cc1nnsc1CN(CC(=O)O)Cc1cccc(Br)c1. The molecule has 1 aromatic heterocycles. The molecular formula is C13H14BrN3O2S. The molecule has 0 aliphatic rings. The Morgan fingerprint density at radius 1 is 1.45 bits per heavy atom. The number of nitrogens with zero attached hydrogens (tertiary/aromatic N) is 3. The van der Waals surface area contributed by atoms with E-state index in [0.29, 0.717) is 13.1 Å². The van der Waals surface area contributed by atoms with Gasteiger partial charge in [0.15, 0.2) is 0 Å². The summed E-state index contributed by atoms with van der Waals surface area (Å²) in [5, 5.41) is 13.0. The second kappa shape index (κ2) is 6.92. The van der Waals surface area contributed by atoms with Crippen molar-refractivity contribution in [1.29, 1.82) is 0 Å². The van der Waals surface area contributed by atoms with Gasteiger partial charge in [0.25, 0.3) is 0 Å². The number of halogens is 1. The van der Waals surface area contributed by atoms with Gasteiger partial charge in [0, 0.05) is 17.6 Å². The second-order valence-corrected chi connectivity index (χ2v) is 6.20. The molecule has 5 nitrogen and oxygen atoms in total. The van der Waals surface area contributed by atoms with Crippen LogP contribution in [0.25, 0.3) is 0 Å². The maximum Gasteiger partial charge on any atom is 0.317 e. The number of hydrogen-bond donors (Lipinski definition) is 1. The van der Waals surface area contributed by atoms with Gasteiger partial charge < -0.3 is 5.11 Å². The third kappa shape index (κ3) is 4.36. The Morgan fingerprint density at radius 3 is 2.85 bits per heavy atom. The van der Waals surface area contributed by atoms with E-state index < -0.39 is 5.97 Å². The highest BCUT2D eigenvalue weighted by atomic mass is 79.9. The maximum absolute atomic E-state index is 11.0. The monoisotopic (exact) mass is 355 g/mol. The van der Waals surface area contributed by atoms with Crippen molar-refractivity contribution in [2.24, 2.45) is 0 Å². The molecule has 0 aliphatic carbocycles. The first kappa shape index (κ1) is 15.1. The van der Waals surface area contributed by atoms with Crippen molar-refractivity contribution >= 4 is 33.4 Å². The van der Waals surface area contributed by atoms with Crippen LogP contribution in [0.15, 0.2) is 28.7 Å². The highest BCUT2D eigenvalue weighted by molar-refractivity contribution is 9.10. The average molecular weight is 356 g/mol. The quantitative estimate of drug-likeness (QED) is 0.862. The summed E-state index contributed by atoms with van der Waals surface area (Å²) in [7, 11) is 0. The van der Waals surface area contributed by atoms with E-state index in [2.05, 4.69) is 25.5 Å². The summed E-state index contributed by atoms with van der Waals surface area (Å²) in [6, 6.07) is 7.87. The van der Waals surface area contributed by atoms with Crippen LogP contribution in [-0.4, -0.2) is 32.1 Å². The first-order valence-corrected chi connectivity index (χ1v) is 7.57. The second-order valence-electron chi connectivity index (χ2n) is 4.45. The zero-order valence-corrected chi connectivity index (χ0v) is 13.3. The zero-order valence-electron chi connectivity index (χ0n) is 10.9. The zero-order chi connectivity index (χ0) is 14.5. The van der Waals surface area contributed by atoms with Crippen LogP contribution in [0.3, 0.4) is 0 Å². The Morgan fingerprint density at radius 2 is 2.25 bits per heavy atom. The Labute approximate surface area is 129 Å². The number of carboxylic acid groups (broad SMARTS) is 1. The minimum Gasteiger partial charge on any atom is -0.480 e. The summed E-state index contributed by atoms with van der Waals surface area (Å²) < 4.78 is 4.87. The van der Waals surface area contributed by atoms with Crippen molar-refractivity contribution in [3.8, 4) is 0 Å². The molecule has 0 unspecified atom stereocenters. The van der Waals surface area contributed by atoms with E-state index >= 15 is 0 Å². The van der Waals surface area contributed by atoms with E-state index in [-0.39, 0.29) is 6.54 Å². The van der Waals surface area contributed by atoms with E-state index in [4.69, 9.17) is 5.11 Å². The minimum absolute atomic E-state index is 0.0101. The van der Waals surface area contributed by atoms with Gasteiger partial charge in [-0.1, -0.05) is 32.6 Å². The molecule has 0 aliphatic heterocycles. The van der Waals surface area contributed by atoms with Crippen molar-refractivity contribution in [2.75, 3.05) is 6.54 Å². The van der Waals surface area contributed by atoms with Crippen LogP contribution in [0, 0.1) is 6.92 Å². The van der Waals surface area contributed by atoms with E-state index in [0.717, 1.165) is 20.6 Å². The fourth-order valence-electron chi connectivity index (χ4n) is 1.85. The molecule has 20 heavy (non-hydrogen) atoms. The summed E-state index contributed by atoms with van der Waals surface area (Å²) in [4.78, 5) is 13.9. The first-order chi connectivity index (χ1) is 9.54. The van der Waals surface area contributed by atoms with Crippen molar-refractivity contribution < 1.29 is 9.90 Å². The molecule has 0 radical (unpaired) electrons.